The number of nitrogens with one attached hydrogen (secondary N) is 1. The number of benzene rings is 1. The highest BCUT2D eigenvalue weighted by Crippen LogP contribution is 2.28. The zero-order valence-electron chi connectivity index (χ0n) is 12.4. The molecule has 1 N–H and O–H groups in total. The van der Waals surface area contributed by atoms with E-state index in [1.165, 1.54) is 36.8 Å². The van der Waals surface area contributed by atoms with Crippen LogP contribution in [0.15, 0.2) is 36.9 Å². The number of hydrogen-bond donors (Lipinski definition) is 1. The van der Waals surface area contributed by atoms with E-state index in [4.69, 9.17) is 0 Å². The lowest BCUT2D eigenvalue weighted by Gasteiger charge is -2.20. The lowest BCUT2D eigenvalue weighted by atomic mass is 10.1. The summed E-state index contributed by atoms with van der Waals surface area (Å²) in [5.41, 5.74) is 2.88. The molecule has 0 aliphatic heterocycles. The van der Waals surface area contributed by atoms with Crippen molar-refractivity contribution in [3.63, 3.8) is 0 Å². The second-order valence-corrected chi connectivity index (χ2v) is 6.24. The Balaban J connectivity index is 1.47. The van der Waals surface area contributed by atoms with Crippen LogP contribution in [0.3, 0.4) is 0 Å². The Labute approximate surface area is 122 Å². The third kappa shape index (κ3) is 4.19. The predicted molar refractivity (Wildman–Crippen MR) is 84.8 cm³/mol. The zero-order valence-corrected chi connectivity index (χ0v) is 12.4. The van der Waals surface area contributed by atoms with Crippen molar-refractivity contribution in [1.82, 2.24) is 10.2 Å². The van der Waals surface area contributed by atoms with Gasteiger partial charge in [0.05, 0.1) is 0 Å². The maximum absolute atomic E-state index is 3.87. The lowest BCUT2D eigenvalue weighted by Crippen LogP contribution is -2.25. The van der Waals surface area contributed by atoms with Gasteiger partial charge >= 0.3 is 0 Å². The fourth-order valence-electron chi connectivity index (χ4n) is 2.70. The molecule has 108 valence electrons. The van der Waals surface area contributed by atoms with Crippen LogP contribution in [0.4, 0.5) is 0 Å². The van der Waals surface area contributed by atoms with Crippen LogP contribution in [0.25, 0.3) is 0 Å². The third-order valence-corrected chi connectivity index (χ3v) is 4.26. The van der Waals surface area contributed by atoms with Gasteiger partial charge in [0.15, 0.2) is 0 Å². The Morgan fingerprint density at radius 3 is 2.40 bits per heavy atom. The van der Waals surface area contributed by atoms with Crippen LogP contribution in [0.5, 0.6) is 0 Å². The van der Waals surface area contributed by atoms with E-state index in [-0.39, 0.29) is 0 Å². The summed E-state index contributed by atoms with van der Waals surface area (Å²) in [5.74, 6) is 0. The van der Waals surface area contributed by atoms with Crippen molar-refractivity contribution < 1.29 is 0 Å². The number of nitrogens with zero attached hydrogens (tertiary/aromatic N) is 1. The van der Waals surface area contributed by atoms with Gasteiger partial charge in [-0.2, -0.15) is 0 Å². The first-order valence-corrected chi connectivity index (χ1v) is 8.01. The molecule has 3 rings (SSSR count). The van der Waals surface area contributed by atoms with Gasteiger partial charge in [0, 0.05) is 25.2 Å². The molecule has 2 fully saturated rings. The Hall–Kier alpha value is -1.12. The summed E-state index contributed by atoms with van der Waals surface area (Å²) in [4.78, 5) is 2.54. The topological polar surface area (TPSA) is 15.3 Å². The van der Waals surface area contributed by atoms with Gasteiger partial charge in [0.25, 0.3) is 0 Å². The average molecular weight is 270 g/mol. The largest absolute Gasteiger partial charge is 0.314 e. The molecule has 0 heterocycles. The Bertz CT molecular complexity index is 429. The molecule has 1 aromatic carbocycles. The first kappa shape index (κ1) is 13.8. The summed E-state index contributed by atoms with van der Waals surface area (Å²) < 4.78 is 0. The predicted octanol–water partition coefficient (Wildman–Crippen LogP) is 3.13. The molecule has 2 nitrogen and oxygen atoms in total. The molecule has 0 aromatic heterocycles. The highest BCUT2D eigenvalue weighted by Gasteiger charge is 2.27. The van der Waals surface area contributed by atoms with E-state index >= 15 is 0 Å². The molecule has 0 unspecified atom stereocenters. The van der Waals surface area contributed by atoms with Gasteiger partial charge in [-0.1, -0.05) is 30.3 Å². The fraction of sp³-hybridized carbons (Fsp3) is 0.556. The maximum atomic E-state index is 3.87. The minimum absolute atomic E-state index is 0.801. The van der Waals surface area contributed by atoms with Gasteiger partial charge in [-0.15, -0.1) is 6.58 Å². The maximum Gasteiger partial charge on any atom is 0.0239 e. The van der Waals surface area contributed by atoms with E-state index in [0.717, 1.165) is 38.1 Å². The summed E-state index contributed by atoms with van der Waals surface area (Å²) in [6, 6.07) is 10.8. The van der Waals surface area contributed by atoms with E-state index in [1.807, 2.05) is 6.08 Å². The summed E-state index contributed by atoms with van der Waals surface area (Å²) in [6.45, 7) is 7.07. The molecule has 0 radical (unpaired) electrons. The first-order valence-electron chi connectivity index (χ1n) is 8.01. The quantitative estimate of drug-likeness (QED) is 0.694. The van der Waals surface area contributed by atoms with Crippen molar-refractivity contribution in [3.05, 3.63) is 48.0 Å². The monoisotopic (exact) mass is 270 g/mol. The van der Waals surface area contributed by atoms with Crippen LogP contribution in [0.2, 0.25) is 0 Å². The molecule has 20 heavy (non-hydrogen) atoms. The Kier molecular flexibility index (Phi) is 4.54. The van der Waals surface area contributed by atoms with Crippen LogP contribution in [-0.2, 0) is 13.0 Å². The second kappa shape index (κ2) is 6.55. The average Bonchev–Trinajstić information content (AvgIpc) is 3.34. The van der Waals surface area contributed by atoms with Crippen LogP contribution in [0.1, 0.15) is 36.8 Å². The molecule has 0 spiro atoms. The molecule has 2 saturated carbocycles. The molecule has 1 aromatic rings. The summed E-state index contributed by atoms with van der Waals surface area (Å²) in [6.07, 6.45) is 8.64. The summed E-state index contributed by atoms with van der Waals surface area (Å²) in [5, 5.41) is 3.57. The van der Waals surface area contributed by atoms with Gasteiger partial charge < -0.3 is 5.32 Å². The smallest absolute Gasteiger partial charge is 0.0239 e. The van der Waals surface area contributed by atoms with Crippen LogP contribution < -0.4 is 5.32 Å². The van der Waals surface area contributed by atoms with E-state index < -0.39 is 0 Å². The fourth-order valence-corrected chi connectivity index (χ4v) is 2.70. The minimum Gasteiger partial charge on any atom is -0.314 e. The summed E-state index contributed by atoms with van der Waals surface area (Å²) >= 11 is 0. The molecule has 2 aliphatic carbocycles. The molecular weight excluding hydrogens is 244 g/mol. The number of hydrogen-bond acceptors (Lipinski definition) is 2. The van der Waals surface area contributed by atoms with Crippen molar-refractivity contribution in [2.45, 2.75) is 50.7 Å². The molecule has 2 heteroatoms. The van der Waals surface area contributed by atoms with Gasteiger partial charge in [0.2, 0.25) is 0 Å². The summed E-state index contributed by atoms with van der Waals surface area (Å²) in [7, 11) is 0. The van der Waals surface area contributed by atoms with E-state index in [9.17, 15) is 0 Å². The Morgan fingerprint density at radius 1 is 1.10 bits per heavy atom. The normalized spacial score (nSPS) is 18.4. The van der Waals surface area contributed by atoms with Crippen molar-refractivity contribution in [2.24, 2.45) is 0 Å². The van der Waals surface area contributed by atoms with Gasteiger partial charge in [-0.3, -0.25) is 4.90 Å². The highest BCUT2D eigenvalue weighted by molar-refractivity contribution is 5.23. The van der Waals surface area contributed by atoms with Crippen molar-refractivity contribution in [1.29, 1.82) is 0 Å². The van der Waals surface area contributed by atoms with Gasteiger partial charge in [0.1, 0.15) is 0 Å². The zero-order chi connectivity index (χ0) is 13.8. The molecule has 0 atom stereocenters. The minimum atomic E-state index is 0.801. The van der Waals surface area contributed by atoms with Crippen LogP contribution in [0, 0.1) is 0 Å². The standard InChI is InChI=1S/C18H26N2/c1-2-13-20(18-9-10-18)14-16-5-3-15(4-6-16)11-12-19-17-7-8-17/h2-6,17-19H,1,7-14H2. The molecular formula is C18H26N2. The molecule has 2 aliphatic rings. The van der Waals surface area contributed by atoms with Crippen molar-refractivity contribution in [2.75, 3.05) is 13.1 Å². The van der Waals surface area contributed by atoms with Crippen LogP contribution >= 0.6 is 0 Å². The highest BCUT2D eigenvalue weighted by atomic mass is 15.2. The molecule has 0 bridgehead atoms. The van der Waals surface area contributed by atoms with Crippen molar-refractivity contribution in [3.8, 4) is 0 Å². The number of rotatable bonds is 9. The van der Waals surface area contributed by atoms with E-state index in [1.54, 1.807) is 0 Å². The second-order valence-electron chi connectivity index (χ2n) is 6.24. The van der Waals surface area contributed by atoms with Crippen LogP contribution in [-0.4, -0.2) is 30.1 Å². The van der Waals surface area contributed by atoms with E-state index in [2.05, 4.69) is 41.1 Å². The third-order valence-electron chi connectivity index (χ3n) is 4.26. The molecule has 0 amide bonds. The van der Waals surface area contributed by atoms with Gasteiger partial charge in [-0.05, 0) is 49.8 Å². The van der Waals surface area contributed by atoms with Crippen molar-refractivity contribution >= 4 is 0 Å². The first-order chi connectivity index (χ1) is 9.85. The lowest BCUT2D eigenvalue weighted by molar-refractivity contribution is 0.284. The Morgan fingerprint density at radius 2 is 1.80 bits per heavy atom. The van der Waals surface area contributed by atoms with Gasteiger partial charge in [-0.25, -0.2) is 0 Å². The SMILES string of the molecule is C=CCN(Cc1ccc(CCNC2CC2)cc1)C1CC1. The van der Waals surface area contributed by atoms with E-state index in [0.29, 0.717) is 0 Å². The molecule has 0 saturated heterocycles.